The summed E-state index contributed by atoms with van der Waals surface area (Å²) in [7, 11) is 0. The van der Waals surface area contributed by atoms with Gasteiger partial charge in [-0.1, -0.05) is 85.7 Å². The summed E-state index contributed by atoms with van der Waals surface area (Å²) in [5, 5.41) is 15.9. The lowest BCUT2D eigenvalue weighted by atomic mass is 9.94. The van der Waals surface area contributed by atoms with Gasteiger partial charge in [0.2, 0.25) is 11.8 Å². The Balaban J connectivity index is 1.66. The Morgan fingerprint density at radius 2 is 1.58 bits per heavy atom. The number of hydrogen-bond donors (Lipinski definition) is 3. The Kier molecular flexibility index (Phi) is 15.6. The first kappa shape index (κ1) is 35.7. The molecule has 3 rings (SSSR count). The van der Waals surface area contributed by atoms with Gasteiger partial charge in [-0.15, -0.1) is 13.2 Å². The van der Waals surface area contributed by atoms with Crippen LogP contribution in [0.25, 0.3) is 0 Å². The van der Waals surface area contributed by atoms with E-state index in [0.29, 0.717) is 25.9 Å². The average Bonchev–Trinajstić information content (AvgIpc) is 3.52. The van der Waals surface area contributed by atoms with Crippen molar-refractivity contribution < 1.29 is 29.0 Å². The molecule has 0 heterocycles. The van der Waals surface area contributed by atoms with E-state index in [9.17, 15) is 19.5 Å². The van der Waals surface area contributed by atoms with E-state index >= 15 is 0 Å². The highest BCUT2D eigenvalue weighted by atomic mass is 16.5. The lowest BCUT2D eigenvalue weighted by Gasteiger charge is -2.29. The fourth-order valence-electron chi connectivity index (χ4n) is 5.78. The number of amides is 2. The van der Waals surface area contributed by atoms with Crippen LogP contribution in [0.3, 0.4) is 0 Å². The third-order valence-electron chi connectivity index (χ3n) is 8.34. The van der Waals surface area contributed by atoms with Crippen LogP contribution in [0.2, 0.25) is 0 Å². The minimum atomic E-state index is -0.670. The average molecular weight is 619 g/mol. The standard InChI is InChI=1S/C37H50N2O6/c1-3-5-8-20-32(23-29-16-9-6-10-17-29)36(43)45-27-33(26-44-25-30-18-11-7-12-19-30)38-35(42)31(15-4-2)24-34(41)39-37(28-40)21-13-14-22-37/h3-4,6-7,9-12,16-19,31-33,40H,1-2,5,8,13-15,20-28H2,(H,38,42)(H,39,41)/t31-,32-,33+/m1/s1. The summed E-state index contributed by atoms with van der Waals surface area (Å²) < 4.78 is 11.8. The number of esters is 1. The van der Waals surface area contributed by atoms with E-state index in [4.69, 9.17) is 9.47 Å². The quantitative estimate of drug-likeness (QED) is 0.0974. The number of hydrogen-bond acceptors (Lipinski definition) is 6. The number of carbonyl (C=O) groups is 3. The predicted octanol–water partition coefficient (Wildman–Crippen LogP) is 5.45. The van der Waals surface area contributed by atoms with E-state index in [1.807, 2.05) is 66.7 Å². The van der Waals surface area contributed by atoms with Crippen molar-refractivity contribution in [3.05, 3.63) is 97.1 Å². The number of allylic oxidation sites excluding steroid dienone is 2. The molecule has 2 aromatic carbocycles. The lowest BCUT2D eigenvalue weighted by molar-refractivity contribution is -0.150. The van der Waals surface area contributed by atoms with Crippen molar-refractivity contribution in [2.45, 2.75) is 82.4 Å². The fourth-order valence-corrected chi connectivity index (χ4v) is 5.78. The van der Waals surface area contributed by atoms with Gasteiger partial charge in [0.1, 0.15) is 6.61 Å². The van der Waals surface area contributed by atoms with Crippen LogP contribution in [0, 0.1) is 11.8 Å². The molecule has 0 saturated heterocycles. The van der Waals surface area contributed by atoms with Crippen LogP contribution in [-0.2, 0) is 36.9 Å². The Labute approximate surface area is 268 Å². The van der Waals surface area contributed by atoms with Crippen molar-refractivity contribution in [1.82, 2.24) is 10.6 Å². The molecule has 1 aliphatic rings. The van der Waals surface area contributed by atoms with Gasteiger partial charge in [0.25, 0.3) is 0 Å². The molecule has 3 atom stereocenters. The predicted molar refractivity (Wildman–Crippen MR) is 176 cm³/mol. The van der Waals surface area contributed by atoms with Gasteiger partial charge in [0.05, 0.1) is 43.2 Å². The molecule has 244 valence electrons. The highest BCUT2D eigenvalue weighted by molar-refractivity contribution is 5.86. The molecule has 3 N–H and O–H groups in total. The minimum absolute atomic E-state index is 0.0422. The van der Waals surface area contributed by atoms with Crippen molar-refractivity contribution in [2.75, 3.05) is 19.8 Å². The number of ether oxygens (including phenoxy) is 2. The molecule has 0 spiro atoms. The Bertz CT molecular complexity index is 1200. The van der Waals surface area contributed by atoms with Gasteiger partial charge < -0.3 is 25.2 Å². The Morgan fingerprint density at radius 3 is 2.20 bits per heavy atom. The van der Waals surface area contributed by atoms with E-state index in [1.54, 1.807) is 6.08 Å². The van der Waals surface area contributed by atoms with E-state index < -0.39 is 17.5 Å². The summed E-state index contributed by atoms with van der Waals surface area (Å²) in [4.78, 5) is 39.8. The molecular weight excluding hydrogens is 568 g/mol. The van der Waals surface area contributed by atoms with Crippen molar-refractivity contribution >= 4 is 17.8 Å². The van der Waals surface area contributed by atoms with Crippen LogP contribution < -0.4 is 10.6 Å². The molecule has 0 aromatic heterocycles. The molecule has 8 heteroatoms. The van der Waals surface area contributed by atoms with Gasteiger partial charge in [-0.3, -0.25) is 14.4 Å². The van der Waals surface area contributed by atoms with E-state index in [0.717, 1.165) is 49.7 Å². The second-order valence-electron chi connectivity index (χ2n) is 12.1. The van der Waals surface area contributed by atoms with Crippen LogP contribution in [0.5, 0.6) is 0 Å². The summed E-state index contributed by atoms with van der Waals surface area (Å²) in [6, 6.07) is 18.9. The zero-order chi connectivity index (χ0) is 32.3. The van der Waals surface area contributed by atoms with Crippen molar-refractivity contribution in [1.29, 1.82) is 0 Å². The maximum Gasteiger partial charge on any atom is 0.309 e. The number of aliphatic hydroxyl groups excluding tert-OH is 1. The van der Waals surface area contributed by atoms with Crippen LogP contribution in [0.4, 0.5) is 0 Å². The number of carbonyl (C=O) groups excluding carboxylic acids is 3. The molecule has 2 aromatic rings. The first-order chi connectivity index (χ1) is 21.9. The highest BCUT2D eigenvalue weighted by Gasteiger charge is 2.35. The normalized spacial score (nSPS) is 15.8. The van der Waals surface area contributed by atoms with Crippen molar-refractivity contribution in [2.24, 2.45) is 11.8 Å². The van der Waals surface area contributed by atoms with Gasteiger partial charge >= 0.3 is 5.97 Å². The summed E-state index contributed by atoms with van der Waals surface area (Å²) in [5.74, 6) is -1.94. The largest absolute Gasteiger partial charge is 0.463 e. The number of benzene rings is 2. The summed E-state index contributed by atoms with van der Waals surface area (Å²) in [6.07, 6.45) is 9.90. The molecule has 0 bridgehead atoms. The van der Waals surface area contributed by atoms with Gasteiger partial charge in [-0.25, -0.2) is 0 Å². The van der Waals surface area contributed by atoms with Crippen LogP contribution in [-0.4, -0.2) is 54.3 Å². The van der Waals surface area contributed by atoms with Crippen LogP contribution in [0.15, 0.2) is 86.0 Å². The van der Waals surface area contributed by atoms with Crippen LogP contribution in [0.1, 0.15) is 68.9 Å². The zero-order valence-electron chi connectivity index (χ0n) is 26.5. The molecule has 0 unspecified atom stereocenters. The molecule has 1 saturated carbocycles. The lowest BCUT2D eigenvalue weighted by Crippen LogP contribution is -2.50. The highest BCUT2D eigenvalue weighted by Crippen LogP contribution is 2.29. The maximum absolute atomic E-state index is 13.5. The summed E-state index contributed by atoms with van der Waals surface area (Å²) in [5.41, 5.74) is 1.42. The third kappa shape index (κ3) is 12.6. The van der Waals surface area contributed by atoms with Gasteiger partial charge in [0, 0.05) is 6.42 Å². The van der Waals surface area contributed by atoms with Gasteiger partial charge in [0.15, 0.2) is 0 Å². The first-order valence-corrected chi connectivity index (χ1v) is 16.1. The van der Waals surface area contributed by atoms with Crippen molar-refractivity contribution in [3.63, 3.8) is 0 Å². The van der Waals surface area contributed by atoms with E-state index in [-0.39, 0.29) is 49.9 Å². The molecule has 0 aliphatic heterocycles. The molecular formula is C37H50N2O6. The Morgan fingerprint density at radius 1 is 0.911 bits per heavy atom. The first-order valence-electron chi connectivity index (χ1n) is 16.1. The summed E-state index contributed by atoms with van der Waals surface area (Å²) in [6.45, 7) is 7.84. The minimum Gasteiger partial charge on any atom is -0.463 e. The van der Waals surface area contributed by atoms with E-state index in [2.05, 4.69) is 23.8 Å². The van der Waals surface area contributed by atoms with Gasteiger partial charge in [-0.2, -0.15) is 0 Å². The maximum atomic E-state index is 13.5. The molecule has 45 heavy (non-hydrogen) atoms. The Hall–Kier alpha value is -3.75. The second-order valence-corrected chi connectivity index (χ2v) is 12.1. The smallest absolute Gasteiger partial charge is 0.309 e. The SMILES string of the molecule is C=CCCC[C@H](Cc1ccccc1)C(=O)OC[C@H](COCc1ccccc1)NC(=O)[C@H](CC=C)CC(=O)NC1(CO)CCCC1. The zero-order valence-corrected chi connectivity index (χ0v) is 26.5. The molecule has 8 nitrogen and oxygen atoms in total. The number of rotatable bonds is 21. The molecule has 1 aliphatic carbocycles. The molecule has 1 fully saturated rings. The van der Waals surface area contributed by atoms with E-state index in [1.165, 1.54) is 0 Å². The molecule has 2 amide bonds. The topological polar surface area (TPSA) is 114 Å². The van der Waals surface area contributed by atoms with Crippen molar-refractivity contribution in [3.8, 4) is 0 Å². The number of unbranched alkanes of at least 4 members (excludes halogenated alkanes) is 1. The fraction of sp³-hybridized carbons (Fsp3) is 0.486. The van der Waals surface area contributed by atoms with Crippen LogP contribution >= 0.6 is 0 Å². The monoisotopic (exact) mass is 618 g/mol. The molecule has 0 radical (unpaired) electrons. The van der Waals surface area contributed by atoms with Gasteiger partial charge in [-0.05, 0) is 56.1 Å². The third-order valence-corrected chi connectivity index (χ3v) is 8.34. The summed E-state index contributed by atoms with van der Waals surface area (Å²) >= 11 is 0. The second kappa shape index (κ2) is 19.6. The number of aliphatic hydroxyl groups is 1. The number of nitrogens with one attached hydrogen (secondary N) is 2.